The molecule has 1 aromatic carbocycles. The van der Waals surface area contributed by atoms with Crippen molar-refractivity contribution in [3.05, 3.63) is 34.3 Å². The second-order valence-corrected chi connectivity index (χ2v) is 7.20. The number of aryl methyl sites for hydroxylation is 1. The Labute approximate surface area is 128 Å². The Hall–Kier alpha value is -0.530. The molecule has 0 radical (unpaired) electrons. The van der Waals surface area contributed by atoms with Crippen molar-refractivity contribution in [1.82, 2.24) is 5.32 Å². The van der Waals surface area contributed by atoms with Crippen molar-refractivity contribution in [1.29, 1.82) is 0 Å². The van der Waals surface area contributed by atoms with Gasteiger partial charge in [0, 0.05) is 11.1 Å². The molecular weight excluding hydrogens is 266 g/mol. The molecule has 0 aromatic heterocycles. The summed E-state index contributed by atoms with van der Waals surface area (Å²) in [5.74, 6) is 2.97. The molecule has 1 N–H and O–H groups in total. The average molecular weight is 292 g/mol. The molecule has 0 amide bonds. The van der Waals surface area contributed by atoms with Crippen LogP contribution in [0, 0.1) is 24.7 Å². The summed E-state index contributed by atoms with van der Waals surface area (Å²) in [6.45, 7) is 5.30. The fourth-order valence-corrected chi connectivity index (χ4v) is 4.57. The van der Waals surface area contributed by atoms with Crippen LogP contribution in [0.5, 0.6) is 0 Å². The van der Waals surface area contributed by atoms with Crippen LogP contribution in [0.4, 0.5) is 0 Å². The van der Waals surface area contributed by atoms with E-state index in [0.717, 1.165) is 29.3 Å². The van der Waals surface area contributed by atoms with Crippen LogP contribution in [-0.2, 0) is 0 Å². The van der Waals surface area contributed by atoms with Gasteiger partial charge in [-0.1, -0.05) is 37.1 Å². The molecule has 0 aliphatic heterocycles. The summed E-state index contributed by atoms with van der Waals surface area (Å²) in [4.78, 5) is 0. The van der Waals surface area contributed by atoms with Crippen LogP contribution in [0.3, 0.4) is 0 Å². The van der Waals surface area contributed by atoms with Crippen molar-refractivity contribution in [2.75, 3.05) is 6.54 Å². The molecule has 4 unspecified atom stereocenters. The molecule has 2 heteroatoms. The van der Waals surface area contributed by atoms with Crippen LogP contribution in [-0.4, -0.2) is 6.54 Å². The van der Waals surface area contributed by atoms with E-state index in [1.165, 1.54) is 43.2 Å². The maximum absolute atomic E-state index is 6.31. The van der Waals surface area contributed by atoms with Crippen molar-refractivity contribution in [2.24, 2.45) is 17.8 Å². The summed E-state index contributed by atoms with van der Waals surface area (Å²) in [5, 5.41) is 4.57. The Balaban J connectivity index is 1.73. The lowest BCUT2D eigenvalue weighted by molar-refractivity contribution is 0.280. The van der Waals surface area contributed by atoms with Gasteiger partial charge in [-0.25, -0.2) is 0 Å². The van der Waals surface area contributed by atoms with Gasteiger partial charge in [-0.2, -0.15) is 0 Å². The highest BCUT2D eigenvalue weighted by atomic mass is 35.5. The Bertz CT molecular complexity index is 470. The number of rotatable bonds is 5. The number of hydrogen-bond acceptors (Lipinski definition) is 1. The van der Waals surface area contributed by atoms with E-state index < -0.39 is 0 Å². The molecule has 1 aromatic rings. The lowest BCUT2D eigenvalue weighted by Crippen LogP contribution is -2.25. The number of nitrogens with one attached hydrogen (secondary N) is 1. The smallest absolute Gasteiger partial charge is 0.0438 e. The first kappa shape index (κ1) is 14.4. The monoisotopic (exact) mass is 291 g/mol. The van der Waals surface area contributed by atoms with Gasteiger partial charge in [0.2, 0.25) is 0 Å². The van der Waals surface area contributed by atoms with E-state index in [1.54, 1.807) is 0 Å². The molecule has 0 heterocycles. The lowest BCUT2D eigenvalue weighted by Gasteiger charge is -2.27. The highest BCUT2D eigenvalue weighted by Gasteiger charge is 2.40. The van der Waals surface area contributed by atoms with Crippen LogP contribution < -0.4 is 5.32 Å². The molecule has 110 valence electrons. The van der Waals surface area contributed by atoms with Gasteiger partial charge < -0.3 is 5.32 Å². The average Bonchev–Trinajstić information content (AvgIpc) is 3.04. The molecule has 2 fully saturated rings. The zero-order valence-corrected chi connectivity index (χ0v) is 13.4. The number of fused-ring (bicyclic) bond motifs is 2. The van der Waals surface area contributed by atoms with Gasteiger partial charge in [0.25, 0.3) is 0 Å². The molecule has 2 bridgehead atoms. The first-order chi connectivity index (χ1) is 9.67. The third kappa shape index (κ3) is 2.89. The summed E-state index contributed by atoms with van der Waals surface area (Å²) < 4.78 is 0. The largest absolute Gasteiger partial charge is 0.310 e. The van der Waals surface area contributed by atoms with E-state index in [1.807, 2.05) is 0 Å². The van der Waals surface area contributed by atoms with Crippen LogP contribution in [0.2, 0.25) is 5.02 Å². The minimum Gasteiger partial charge on any atom is -0.310 e. The topological polar surface area (TPSA) is 12.0 Å². The molecule has 4 atom stereocenters. The van der Waals surface area contributed by atoms with Gasteiger partial charge in [-0.15, -0.1) is 0 Å². The zero-order chi connectivity index (χ0) is 14.1. The molecule has 2 aliphatic rings. The van der Waals surface area contributed by atoms with E-state index in [4.69, 9.17) is 11.6 Å². The number of hydrogen-bond donors (Lipinski definition) is 1. The third-order valence-corrected chi connectivity index (χ3v) is 5.88. The highest BCUT2D eigenvalue weighted by molar-refractivity contribution is 6.31. The van der Waals surface area contributed by atoms with E-state index in [0.29, 0.717) is 6.04 Å². The zero-order valence-electron chi connectivity index (χ0n) is 12.7. The van der Waals surface area contributed by atoms with Crippen LogP contribution in [0.15, 0.2) is 18.2 Å². The predicted molar refractivity (Wildman–Crippen MR) is 86.2 cm³/mol. The lowest BCUT2D eigenvalue weighted by atomic mass is 9.82. The molecular formula is C18H26ClN. The fraction of sp³-hybridized carbons (Fsp3) is 0.667. The molecule has 1 nitrogen and oxygen atoms in total. The predicted octanol–water partition coefficient (Wildman–Crippen LogP) is 5.13. The van der Waals surface area contributed by atoms with Crippen molar-refractivity contribution in [2.45, 2.75) is 52.0 Å². The van der Waals surface area contributed by atoms with Crippen molar-refractivity contribution >= 4 is 11.6 Å². The van der Waals surface area contributed by atoms with Gasteiger partial charge in [0.15, 0.2) is 0 Å². The maximum atomic E-state index is 6.31. The Morgan fingerprint density at radius 3 is 2.75 bits per heavy atom. The van der Waals surface area contributed by atoms with Crippen LogP contribution in [0.1, 0.15) is 56.2 Å². The van der Waals surface area contributed by atoms with Gasteiger partial charge >= 0.3 is 0 Å². The molecule has 3 rings (SSSR count). The SMILES string of the molecule is CCNC(CC1CC2CCC1C2)c1ccc(C)c(Cl)c1. The van der Waals surface area contributed by atoms with E-state index in [2.05, 4.69) is 37.4 Å². The summed E-state index contributed by atoms with van der Waals surface area (Å²) >= 11 is 6.31. The normalized spacial score (nSPS) is 29.9. The Morgan fingerprint density at radius 2 is 2.15 bits per heavy atom. The van der Waals surface area contributed by atoms with Gasteiger partial charge in [0.1, 0.15) is 0 Å². The van der Waals surface area contributed by atoms with Gasteiger partial charge in [-0.05, 0) is 74.1 Å². The Kier molecular flexibility index (Phi) is 4.37. The minimum absolute atomic E-state index is 0.474. The first-order valence-electron chi connectivity index (χ1n) is 8.16. The van der Waals surface area contributed by atoms with Crippen molar-refractivity contribution < 1.29 is 0 Å². The minimum atomic E-state index is 0.474. The van der Waals surface area contributed by atoms with E-state index in [-0.39, 0.29) is 0 Å². The standard InChI is InChI=1S/C18H26ClN/c1-3-20-18(15-6-4-12(2)17(19)10-15)11-16-9-13-5-7-14(16)8-13/h4,6,10,13-14,16,18,20H,3,5,7-9,11H2,1-2H3. The van der Waals surface area contributed by atoms with Crippen LogP contribution >= 0.6 is 11.6 Å². The second kappa shape index (κ2) is 6.07. The number of halogens is 1. The molecule has 2 aliphatic carbocycles. The van der Waals surface area contributed by atoms with Gasteiger partial charge in [-0.3, -0.25) is 0 Å². The molecule has 20 heavy (non-hydrogen) atoms. The summed E-state index contributed by atoms with van der Waals surface area (Å²) in [7, 11) is 0. The highest BCUT2D eigenvalue weighted by Crippen LogP contribution is 2.51. The summed E-state index contributed by atoms with van der Waals surface area (Å²) in [6.07, 6.45) is 7.21. The Morgan fingerprint density at radius 1 is 1.30 bits per heavy atom. The summed E-state index contributed by atoms with van der Waals surface area (Å²) in [5.41, 5.74) is 2.54. The van der Waals surface area contributed by atoms with Crippen LogP contribution in [0.25, 0.3) is 0 Å². The van der Waals surface area contributed by atoms with Gasteiger partial charge in [0.05, 0.1) is 0 Å². The van der Waals surface area contributed by atoms with Crippen molar-refractivity contribution in [3.63, 3.8) is 0 Å². The first-order valence-corrected chi connectivity index (χ1v) is 8.54. The van der Waals surface area contributed by atoms with Crippen molar-refractivity contribution in [3.8, 4) is 0 Å². The van der Waals surface area contributed by atoms with E-state index >= 15 is 0 Å². The summed E-state index contributed by atoms with van der Waals surface area (Å²) in [6, 6.07) is 7.05. The molecule has 0 saturated heterocycles. The fourth-order valence-electron chi connectivity index (χ4n) is 4.38. The quantitative estimate of drug-likeness (QED) is 0.793. The number of benzene rings is 1. The third-order valence-electron chi connectivity index (χ3n) is 5.47. The molecule has 2 saturated carbocycles. The van der Waals surface area contributed by atoms with E-state index in [9.17, 15) is 0 Å². The maximum Gasteiger partial charge on any atom is 0.0438 e. The molecule has 0 spiro atoms. The second-order valence-electron chi connectivity index (χ2n) is 6.79.